The number of nitrogens with one attached hydrogen (secondary N) is 1. The molecule has 0 fully saturated rings. The van der Waals surface area contributed by atoms with E-state index in [1.165, 1.54) is 6.92 Å². The zero-order valence-electron chi connectivity index (χ0n) is 5.89. The lowest BCUT2D eigenvalue weighted by molar-refractivity contribution is -0.136. The number of amides is 1. The summed E-state index contributed by atoms with van der Waals surface area (Å²) < 4.78 is 0. The second kappa shape index (κ2) is 4.93. The van der Waals surface area contributed by atoms with Gasteiger partial charge in [-0.25, -0.2) is 0 Å². The first kappa shape index (κ1) is 9.10. The Morgan fingerprint density at radius 3 is 2.50 bits per heavy atom. The molecule has 10 heavy (non-hydrogen) atoms. The van der Waals surface area contributed by atoms with Gasteiger partial charge in [0, 0.05) is 20.1 Å². The second-order valence-electron chi connectivity index (χ2n) is 1.89. The van der Waals surface area contributed by atoms with Crippen molar-refractivity contribution in [2.24, 2.45) is 0 Å². The molecule has 0 aliphatic heterocycles. The molecular weight excluding hydrogens is 134 g/mol. The number of aliphatic hydroxyl groups excluding tert-OH is 1. The highest BCUT2D eigenvalue weighted by atomic mass is 16.3. The molecule has 0 saturated carbocycles. The van der Waals surface area contributed by atoms with Gasteiger partial charge in [-0.05, 0) is 6.42 Å². The predicted octanol–water partition coefficient (Wildman–Crippen LogP) is -0.926. The molecule has 0 aliphatic rings. The minimum atomic E-state index is -0.589. The summed E-state index contributed by atoms with van der Waals surface area (Å²) in [5, 5.41) is 10.6. The zero-order chi connectivity index (χ0) is 7.98. The average Bonchev–Trinajstić information content (AvgIpc) is 1.88. The fraction of sp³-hybridized carbons (Fsp3) is 0.667. The minimum Gasteiger partial charge on any atom is -0.396 e. The van der Waals surface area contributed by atoms with Crippen molar-refractivity contribution in [2.45, 2.75) is 13.3 Å². The van der Waals surface area contributed by atoms with Crippen LogP contribution in [0.15, 0.2) is 0 Å². The first-order valence-corrected chi connectivity index (χ1v) is 3.08. The second-order valence-corrected chi connectivity index (χ2v) is 1.89. The lowest BCUT2D eigenvalue weighted by atomic mass is 10.4. The molecule has 0 saturated heterocycles. The molecule has 4 heteroatoms. The van der Waals surface area contributed by atoms with Crippen LogP contribution in [0.3, 0.4) is 0 Å². The molecule has 4 nitrogen and oxygen atoms in total. The number of carbonyl (C=O) groups excluding carboxylic acids is 2. The maximum Gasteiger partial charge on any atom is 0.287 e. The maximum absolute atomic E-state index is 10.5. The SMILES string of the molecule is CC(=O)C(=O)NCCCO. The smallest absolute Gasteiger partial charge is 0.287 e. The van der Waals surface area contributed by atoms with Crippen LogP contribution in [0.25, 0.3) is 0 Å². The topological polar surface area (TPSA) is 66.4 Å². The van der Waals surface area contributed by atoms with Crippen molar-refractivity contribution in [3.8, 4) is 0 Å². The van der Waals surface area contributed by atoms with E-state index in [-0.39, 0.29) is 6.61 Å². The van der Waals surface area contributed by atoms with E-state index < -0.39 is 11.7 Å². The number of hydrogen-bond donors (Lipinski definition) is 2. The lowest BCUT2D eigenvalue weighted by Gasteiger charge is -1.98. The largest absolute Gasteiger partial charge is 0.396 e. The standard InChI is InChI=1S/C6H11NO3/c1-5(9)6(10)7-3-2-4-8/h8H,2-4H2,1H3,(H,7,10). The van der Waals surface area contributed by atoms with Gasteiger partial charge >= 0.3 is 0 Å². The van der Waals surface area contributed by atoms with Crippen molar-refractivity contribution in [3.05, 3.63) is 0 Å². The number of rotatable bonds is 4. The fourth-order valence-electron chi connectivity index (χ4n) is 0.405. The van der Waals surface area contributed by atoms with Crippen LogP contribution < -0.4 is 5.32 Å². The third-order valence-electron chi connectivity index (χ3n) is 0.940. The quantitative estimate of drug-likeness (QED) is 0.397. The van der Waals surface area contributed by atoms with E-state index in [2.05, 4.69) is 5.32 Å². The minimum absolute atomic E-state index is 0.0260. The Bertz CT molecular complexity index is 133. The molecule has 0 heterocycles. The van der Waals surface area contributed by atoms with Gasteiger partial charge in [0.25, 0.3) is 5.91 Å². The molecular formula is C6H11NO3. The molecule has 0 aliphatic carbocycles. The normalized spacial score (nSPS) is 9.00. The summed E-state index contributed by atoms with van der Waals surface area (Å²) in [4.78, 5) is 20.7. The van der Waals surface area contributed by atoms with Crippen LogP contribution in [0.2, 0.25) is 0 Å². The van der Waals surface area contributed by atoms with Crippen LogP contribution in [-0.4, -0.2) is 29.9 Å². The van der Waals surface area contributed by atoms with Gasteiger partial charge in [0.05, 0.1) is 0 Å². The van der Waals surface area contributed by atoms with Crippen molar-refractivity contribution in [3.63, 3.8) is 0 Å². The fourth-order valence-corrected chi connectivity index (χ4v) is 0.405. The van der Waals surface area contributed by atoms with Crippen LogP contribution in [0.1, 0.15) is 13.3 Å². The molecule has 58 valence electrons. The Morgan fingerprint density at radius 2 is 2.10 bits per heavy atom. The molecule has 0 spiro atoms. The number of hydrogen-bond acceptors (Lipinski definition) is 3. The first-order chi connectivity index (χ1) is 4.68. The van der Waals surface area contributed by atoms with Gasteiger partial charge in [-0.3, -0.25) is 9.59 Å². The van der Waals surface area contributed by atoms with Crippen molar-refractivity contribution in [1.29, 1.82) is 0 Å². The summed E-state index contributed by atoms with van der Waals surface area (Å²) in [6.45, 7) is 1.58. The van der Waals surface area contributed by atoms with Crippen molar-refractivity contribution in [2.75, 3.05) is 13.2 Å². The molecule has 0 aromatic carbocycles. The van der Waals surface area contributed by atoms with E-state index in [1.54, 1.807) is 0 Å². The van der Waals surface area contributed by atoms with E-state index in [0.717, 1.165) is 0 Å². The molecule has 0 unspecified atom stereocenters. The molecule has 0 radical (unpaired) electrons. The van der Waals surface area contributed by atoms with Crippen LogP contribution in [0.4, 0.5) is 0 Å². The van der Waals surface area contributed by atoms with Crippen LogP contribution in [-0.2, 0) is 9.59 Å². The summed E-state index contributed by atoms with van der Waals surface area (Å²) in [7, 11) is 0. The molecule has 0 atom stereocenters. The number of carbonyl (C=O) groups is 2. The first-order valence-electron chi connectivity index (χ1n) is 3.08. The Hall–Kier alpha value is -0.900. The van der Waals surface area contributed by atoms with E-state index >= 15 is 0 Å². The van der Waals surface area contributed by atoms with Gasteiger partial charge in [0.1, 0.15) is 0 Å². The number of Topliss-reactive ketones (excluding diaryl/α,β-unsaturated/α-hetero) is 1. The van der Waals surface area contributed by atoms with Gasteiger partial charge < -0.3 is 10.4 Å². The molecule has 2 N–H and O–H groups in total. The lowest BCUT2D eigenvalue weighted by Crippen LogP contribution is -2.30. The summed E-state index contributed by atoms with van der Waals surface area (Å²) in [5.41, 5.74) is 0. The van der Waals surface area contributed by atoms with Crippen LogP contribution >= 0.6 is 0 Å². The highest BCUT2D eigenvalue weighted by Gasteiger charge is 2.03. The third-order valence-corrected chi connectivity index (χ3v) is 0.940. The molecule has 0 bridgehead atoms. The molecule has 0 aromatic rings. The zero-order valence-corrected chi connectivity index (χ0v) is 5.89. The average molecular weight is 145 g/mol. The van der Waals surface area contributed by atoms with E-state index in [0.29, 0.717) is 13.0 Å². The Kier molecular flexibility index (Phi) is 4.49. The van der Waals surface area contributed by atoms with Gasteiger partial charge in [-0.1, -0.05) is 0 Å². The van der Waals surface area contributed by atoms with Crippen molar-refractivity contribution < 1.29 is 14.7 Å². The van der Waals surface area contributed by atoms with Crippen LogP contribution in [0.5, 0.6) is 0 Å². The van der Waals surface area contributed by atoms with E-state index in [9.17, 15) is 9.59 Å². The third kappa shape index (κ3) is 4.03. The molecule has 0 rings (SSSR count). The van der Waals surface area contributed by atoms with Gasteiger partial charge in [0.15, 0.2) is 0 Å². The maximum atomic E-state index is 10.5. The molecule has 1 amide bonds. The molecule has 0 aromatic heterocycles. The highest BCUT2D eigenvalue weighted by molar-refractivity contribution is 6.35. The number of ketones is 1. The Morgan fingerprint density at radius 1 is 1.50 bits per heavy atom. The summed E-state index contributed by atoms with van der Waals surface area (Å²) in [6.07, 6.45) is 0.485. The van der Waals surface area contributed by atoms with E-state index in [4.69, 9.17) is 5.11 Å². The summed E-state index contributed by atoms with van der Waals surface area (Å²) >= 11 is 0. The number of aliphatic hydroxyl groups is 1. The summed E-state index contributed by atoms with van der Waals surface area (Å²) in [6, 6.07) is 0. The van der Waals surface area contributed by atoms with Gasteiger partial charge in [-0.2, -0.15) is 0 Å². The predicted molar refractivity (Wildman–Crippen MR) is 35.4 cm³/mol. The Labute approximate surface area is 59.2 Å². The van der Waals surface area contributed by atoms with Crippen molar-refractivity contribution in [1.82, 2.24) is 5.32 Å². The van der Waals surface area contributed by atoms with Gasteiger partial charge in [-0.15, -0.1) is 0 Å². The Balaban J connectivity index is 3.31. The van der Waals surface area contributed by atoms with Crippen LogP contribution in [0, 0.1) is 0 Å². The van der Waals surface area contributed by atoms with Gasteiger partial charge in [0.2, 0.25) is 5.78 Å². The van der Waals surface area contributed by atoms with Crippen molar-refractivity contribution >= 4 is 11.7 Å². The highest BCUT2D eigenvalue weighted by Crippen LogP contribution is 1.73. The monoisotopic (exact) mass is 145 g/mol. The van der Waals surface area contributed by atoms with E-state index in [1.807, 2.05) is 0 Å². The summed E-state index contributed by atoms with van der Waals surface area (Å²) in [5.74, 6) is -1.09.